The molecule has 0 N–H and O–H groups in total. The first-order valence-electron chi connectivity index (χ1n) is 8.09. The van der Waals surface area contributed by atoms with E-state index in [0.29, 0.717) is 4.90 Å². The van der Waals surface area contributed by atoms with Crippen molar-refractivity contribution in [2.75, 3.05) is 4.31 Å². The van der Waals surface area contributed by atoms with Gasteiger partial charge in [-0.2, -0.15) is 0 Å². The molecule has 1 aliphatic heterocycles. The topological polar surface area (TPSA) is 37.4 Å². The fraction of sp³-hybridized carbons (Fsp3) is 0.368. The van der Waals surface area contributed by atoms with Crippen LogP contribution in [0.4, 0.5) is 5.69 Å². The summed E-state index contributed by atoms with van der Waals surface area (Å²) in [5.74, 6) is 0.173. The quantitative estimate of drug-likeness (QED) is 0.492. The number of aryl methyl sites for hydroxylation is 2. The van der Waals surface area contributed by atoms with Crippen LogP contribution in [-0.4, -0.2) is 18.4 Å². The van der Waals surface area contributed by atoms with Crippen molar-refractivity contribution in [1.29, 1.82) is 0 Å². The number of hydrogen-bond donors (Lipinski definition) is 0. The monoisotopic (exact) mass is 455 g/mol. The molecule has 0 bridgehead atoms. The van der Waals surface area contributed by atoms with E-state index >= 15 is 0 Å². The van der Waals surface area contributed by atoms with E-state index in [1.54, 1.807) is 16.4 Å². The Hall–Kier alpha value is -1.08. The summed E-state index contributed by atoms with van der Waals surface area (Å²) in [4.78, 5) is 0.357. The van der Waals surface area contributed by atoms with Gasteiger partial charge in [0.15, 0.2) is 0 Å². The molecule has 0 fully saturated rings. The number of alkyl halides is 1. The van der Waals surface area contributed by atoms with Crippen molar-refractivity contribution < 1.29 is 8.42 Å². The third-order valence-electron chi connectivity index (χ3n) is 4.74. The molecule has 128 valence electrons. The molecule has 0 saturated heterocycles. The third-order valence-corrected chi connectivity index (χ3v) is 7.31. The minimum Gasteiger partial charge on any atom is -0.261 e. The summed E-state index contributed by atoms with van der Waals surface area (Å²) in [7, 11) is -3.58. The molecule has 24 heavy (non-hydrogen) atoms. The molecule has 2 aromatic rings. The van der Waals surface area contributed by atoms with Crippen molar-refractivity contribution in [3.8, 4) is 0 Å². The van der Waals surface area contributed by atoms with E-state index in [2.05, 4.69) is 42.5 Å². The van der Waals surface area contributed by atoms with Crippen LogP contribution in [0.1, 0.15) is 36.5 Å². The molecule has 1 aliphatic rings. The molecule has 0 radical (unpaired) electrons. The zero-order valence-electron chi connectivity index (χ0n) is 14.3. The fourth-order valence-electron chi connectivity index (χ4n) is 3.48. The standard InChI is InChI=1S/C19H22INO2S/c1-12-5-8-16(9-6-12)24(22,23)21-18-10-7-13(2)11-17(18)14(3)19(21)15(4)20/h5-11,14-15,19H,1-4H3. The molecule has 1 heterocycles. The van der Waals surface area contributed by atoms with Crippen molar-refractivity contribution in [2.24, 2.45) is 0 Å². The van der Waals surface area contributed by atoms with Crippen LogP contribution in [0.5, 0.6) is 0 Å². The highest BCUT2D eigenvalue weighted by molar-refractivity contribution is 14.1. The average Bonchev–Trinajstić information content (AvgIpc) is 2.81. The van der Waals surface area contributed by atoms with Crippen molar-refractivity contribution in [3.63, 3.8) is 0 Å². The van der Waals surface area contributed by atoms with Gasteiger partial charge in [0.05, 0.1) is 16.6 Å². The highest BCUT2D eigenvalue weighted by atomic mass is 127. The normalized spacial score (nSPS) is 21.6. The van der Waals surface area contributed by atoms with Crippen molar-refractivity contribution in [2.45, 2.75) is 48.5 Å². The molecule has 5 heteroatoms. The number of anilines is 1. The van der Waals surface area contributed by atoms with E-state index in [4.69, 9.17) is 0 Å². The third kappa shape index (κ3) is 2.86. The average molecular weight is 455 g/mol. The molecule has 3 atom stereocenters. The van der Waals surface area contributed by atoms with Crippen LogP contribution in [0, 0.1) is 13.8 Å². The van der Waals surface area contributed by atoms with Gasteiger partial charge in [-0.15, -0.1) is 0 Å². The van der Waals surface area contributed by atoms with Crippen molar-refractivity contribution in [1.82, 2.24) is 0 Å². The number of rotatable bonds is 3. The highest BCUT2D eigenvalue weighted by Crippen LogP contribution is 2.46. The molecular weight excluding hydrogens is 433 g/mol. The lowest BCUT2D eigenvalue weighted by Gasteiger charge is -2.30. The van der Waals surface area contributed by atoms with E-state index in [1.165, 1.54) is 0 Å². The molecule has 3 unspecified atom stereocenters. The van der Waals surface area contributed by atoms with E-state index in [-0.39, 0.29) is 15.9 Å². The molecule has 0 aromatic heterocycles. The van der Waals surface area contributed by atoms with Gasteiger partial charge in [0.1, 0.15) is 0 Å². The van der Waals surface area contributed by atoms with Gasteiger partial charge >= 0.3 is 0 Å². The lowest BCUT2D eigenvalue weighted by molar-refractivity contribution is 0.560. The van der Waals surface area contributed by atoms with Gasteiger partial charge in [0.25, 0.3) is 10.0 Å². The Bertz CT molecular complexity index is 859. The summed E-state index contributed by atoms with van der Waals surface area (Å²) in [6.07, 6.45) is 0. The molecule has 3 rings (SSSR count). The van der Waals surface area contributed by atoms with E-state index < -0.39 is 10.0 Å². The SMILES string of the molecule is Cc1ccc(S(=O)(=O)N2c3ccc(C)cc3C(C)C2C(C)I)cc1. The Kier molecular flexibility index (Phi) is 4.68. The summed E-state index contributed by atoms with van der Waals surface area (Å²) in [5, 5.41) is 0. The number of sulfonamides is 1. The second-order valence-corrected chi connectivity index (χ2v) is 10.4. The summed E-state index contributed by atoms with van der Waals surface area (Å²) >= 11 is 2.34. The molecule has 2 aromatic carbocycles. The van der Waals surface area contributed by atoms with Gasteiger partial charge < -0.3 is 0 Å². The fourth-order valence-corrected chi connectivity index (χ4v) is 6.47. The van der Waals surface area contributed by atoms with E-state index in [1.807, 2.05) is 38.1 Å². The minimum atomic E-state index is -3.58. The Morgan fingerprint density at radius 2 is 1.62 bits per heavy atom. The van der Waals surface area contributed by atoms with Crippen LogP contribution in [0.15, 0.2) is 47.4 Å². The predicted molar refractivity (Wildman–Crippen MR) is 108 cm³/mol. The maximum atomic E-state index is 13.4. The summed E-state index contributed by atoms with van der Waals surface area (Å²) in [6.45, 7) is 8.22. The Morgan fingerprint density at radius 1 is 1.04 bits per heavy atom. The first-order chi connectivity index (χ1) is 11.2. The summed E-state index contributed by atoms with van der Waals surface area (Å²) < 4.78 is 28.6. The number of nitrogens with zero attached hydrogens (tertiary/aromatic N) is 1. The first-order valence-corrected chi connectivity index (χ1v) is 10.8. The number of benzene rings is 2. The van der Waals surface area contributed by atoms with Crippen molar-refractivity contribution >= 4 is 38.3 Å². The Morgan fingerprint density at radius 3 is 2.21 bits per heavy atom. The number of fused-ring (bicyclic) bond motifs is 1. The van der Waals surface area contributed by atoms with Crippen LogP contribution < -0.4 is 4.31 Å². The van der Waals surface area contributed by atoms with Crippen LogP contribution in [-0.2, 0) is 10.0 Å². The van der Waals surface area contributed by atoms with Crippen LogP contribution in [0.2, 0.25) is 0 Å². The van der Waals surface area contributed by atoms with Gasteiger partial charge in [0, 0.05) is 9.84 Å². The van der Waals surface area contributed by atoms with Crippen LogP contribution in [0.25, 0.3) is 0 Å². The lowest BCUT2D eigenvalue weighted by atomic mass is 9.95. The highest BCUT2D eigenvalue weighted by Gasteiger charge is 2.44. The van der Waals surface area contributed by atoms with Crippen molar-refractivity contribution in [3.05, 3.63) is 59.2 Å². The Balaban J connectivity index is 2.19. The summed E-state index contributed by atoms with van der Waals surface area (Å²) in [6, 6.07) is 13.1. The smallest absolute Gasteiger partial charge is 0.261 e. The summed E-state index contributed by atoms with van der Waals surface area (Å²) in [5.41, 5.74) is 4.16. The molecular formula is C19H22INO2S. The predicted octanol–water partition coefficient (Wildman–Crippen LogP) is 4.81. The maximum absolute atomic E-state index is 13.4. The van der Waals surface area contributed by atoms with Gasteiger partial charge in [-0.1, -0.05) is 71.8 Å². The number of halogens is 1. The van der Waals surface area contributed by atoms with E-state index in [0.717, 1.165) is 22.4 Å². The van der Waals surface area contributed by atoms with Gasteiger partial charge in [-0.25, -0.2) is 8.42 Å². The zero-order chi connectivity index (χ0) is 17.6. The second kappa shape index (κ2) is 6.33. The first kappa shape index (κ1) is 17.7. The molecule has 0 aliphatic carbocycles. The number of hydrogen-bond acceptors (Lipinski definition) is 2. The molecule has 0 spiro atoms. The van der Waals surface area contributed by atoms with Gasteiger partial charge in [-0.3, -0.25) is 4.31 Å². The maximum Gasteiger partial charge on any atom is 0.264 e. The van der Waals surface area contributed by atoms with Crippen LogP contribution in [0.3, 0.4) is 0 Å². The van der Waals surface area contributed by atoms with E-state index in [9.17, 15) is 8.42 Å². The van der Waals surface area contributed by atoms with Gasteiger partial charge in [0.2, 0.25) is 0 Å². The molecule has 3 nitrogen and oxygen atoms in total. The molecule has 0 saturated carbocycles. The second-order valence-electron chi connectivity index (χ2n) is 6.63. The zero-order valence-corrected chi connectivity index (χ0v) is 17.3. The molecule has 0 amide bonds. The lowest BCUT2D eigenvalue weighted by Crippen LogP contribution is -2.43. The van der Waals surface area contributed by atoms with Gasteiger partial charge in [-0.05, 0) is 37.6 Å². The Labute approximate surface area is 158 Å². The van der Waals surface area contributed by atoms with Crippen LogP contribution >= 0.6 is 22.6 Å². The minimum absolute atomic E-state index is 0.0753. The largest absolute Gasteiger partial charge is 0.264 e.